The highest BCUT2D eigenvalue weighted by Gasteiger charge is 2.26. The molecule has 0 aromatic rings. The molecule has 4 heteroatoms. The average Bonchev–Trinajstić information content (AvgIpc) is 2.76. The average molecular weight is 229 g/mol. The summed E-state index contributed by atoms with van der Waals surface area (Å²) >= 11 is 0. The second-order valence-electron chi connectivity index (χ2n) is 4.15. The van der Waals surface area contributed by atoms with Gasteiger partial charge in [-0.15, -0.1) is 0 Å². The standard InChI is InChI=1S/C12H23NO3/c1-3-11-5-4-7-13(11)12(14)6-8-16-10-9-15-2/h11H,3-10H2,1-2H3. The number of amides is 1. The monoisotopic (exact) mass is 229 g/mol. The van der Waals surface area contributed by atoms with Crippen LogP contribution < -0.4 is 0 Å². The Morgan fingerprint density at radius 2 is 2.19 bits per heavy atom. The third-order valence-electron chi connectivity index (χ3n) is 3.06. The van der Waals surface area contributed by atoms with E-state index in [9.17, 15) is 4.79 Å². The van der Waals surface area contributed by atoms with Gasteiger partial charge in [-0.3, -0.25) is 4.79 Å². The number of hydrogen-bond donors (Lipinski definition) is 0. The van der Waals surface area contributed by atoms with Crippen LogP contribution in [0.5, 0.6) is 0 Å². The quantitative estimate of drug-likeness (QED) is 0.620. The number of hydrogen-bond acceptors (Lipinski definition) is 3. The fourth-order valence-electron chi connectivity index (χ4n) is 2.14. The van der Waals surface area contributed by atoms with Gasteiger partial charge in [0.25, 0.3) is 0 Å². The molecule has 1 saturated heterocycles. The van der Waals surface area contributed by atoms with Gasteiger partial charge in [0.05, 0.1) is 26.2 Å². The maximum absolute atomic E-state index is 11.9. The fourth-order valence-corrected chi connectivity index (χ4v) is 2.14. The van der Waals surface area contributed by atoms with Gasteiger partial charge < -0.3 is 14.4 Å². The van der Waals surface area contributed by atoms with Gasteiger partial charge in [-0.05, 0) is 19.3 Å². The van der Waals surface area contributed by atoms with Gasteiger partial charge in [0.15, 0.2) is 0 Å². The Labute approximate surface area is 97.9 Å². The zero-order valence-electron chi connectivity index (χ0n) is 10.4. The van der Waals surface area contributed by atoms with Crippen LogP contribution in [0, 0.1) is 0 Å². The molecule has 1 unspecified atom stereocenters. The van der Waals surface area contributed by atoms with E-state index in [-0.39, 0.29) is 5.91 Å². The molecule has 94 valence electrons. The Kier molecular flexibility index (Phi) is 6.42. The van der Waals surface area contributed by atoms with E-state index >= 15 is 0 Å². The number of ether oxygens (including phenoxy) is 2. The molecule has 1 atom stereocenters. The van der Waals surface area contributed by atoms with Gasteiger partial charge in [-0.25, -0.2) is 0 Å². The summed E-state index contributed by atoms with van der Waals surface area (Å²) in [6.45, 7) is 4.74. The van der Waals surface area contributed by atoms with Gasteiger partial charge in [-0.1, -0.05) is 6.92 Å². The summed E-state index contributed by atoms with van der Waals surface area (Å²) in [7, 11) is 1.64. The molecule has 0 N–H and O–H groups in total. The van der Waals surface area contributed by atoms with Crippen molar-refractivity contribution in [2.45, 2.75) is 38.6 Å². The number of methoxy groups -OCH3 is 1. The highest BCUT2D eigenvalue weighted by atomic mass is 16.5. The lowest BCUT2D eigenvalue weighted by molar-refractivity contribution is -0.133. The van der Waals surface area contributed by atoms with Crippen LogP contribution in [0.4, 0.5) is 0 Å². The van der Waals surface area contributed by atoms with Gasteiger partial charge in [-0.2, -0.15) is 0 Å². The first kappa shape index (κ1) is 13.5. The highest BCUT2D eigenvalue weighted by Crippen LogP contribution is 2.20. The summed E-state index contributed by atoms with van der Waals surface area (Å²) in [6.07, 6.45) is 3.87. The van der Waals surface area contributed by atoms with Gasteiger partial charge >= 0.3 is 0 Å². The Hall–Kier alpha value is -0.610. The van der Waals surface area contributed by atoms with E-state index in [0.29, 0.717) is 32.3 Å². The Morgan fingerprint density at radius 1 is 1.38 bits per heavy atom. The zero-order chi connectivity index (χ0) is 11.8. The zero-order valence-corrected chi connectivity index (χ0v) is 10.4. The smallest absolute Gasteiger partial charge is 0.225 e. The third-order valence-corrected chi connectivity index (χ3v) is 3.06. The molecule has 0 saturated carbocycles. The van der Waals surface area contributed by atoms with E-state index in [1.165, 1.54) is 0 Å². The van der Waals surface area contributed by atoms with Crippen LogP contribution >= 0.6 is 0 Å². The largest absolute Gasteiger partial charge is 0.382 e. The van der Waals surface area contributed by atoms with E-state index < -0.39 is 0 Å². The van der Waals surface area contributed by atoms with E-state index in [1.54, 1.807) is 7.11 Å². The molecular formula is C12H23NO3. The van der Waals surface area contributed by atoms with Crippen LogP contribution in [0.25, 0.3) is 0 Å². The maximum atomic E-state index is 11.9. The second kappa shape index (κ2) is 7.63. The summed E-state index contributed by atoms with van der Waals surface area (Å²) in [6, 6.07) is 0.464. The van der Waals surface area contributed by atoms with Crippen LogP contribution in [0.3, 0.4) is 0 Å². The van der Waals surface area contributed by atoms with Gasteiger partial charge in [0.2, 0.25) is 5.91 Å². The first-order valence-electron chi connectivity index (χ1n) is 6.15. The molecule has 1 aliphatic heterocycles. The van der Waals surface area contributed by atoms with E-state index in [4.69, 9.17) is 9.47 Å². The molecule has 0 spiro atoms. The minimum absolute atomic E-state index is 0.238. The van der Waals surface area contributed by atoms with Crippen molar-refractivity contribution in [2.75, 3.05) is 33.5 Å². The van der Waals surface area contributed by atoms with Crippen molar-refractivity contribution in [1.82, 2.24) is 4.90 Å². The van der Waals surface area contributed by atoms with Crippen molar-refractivity contribution >= 4 is 5.91 Å². The number of rotatable bonds is 7. The van der Waals surface area contributed by atoms with Crippen molar-refractivity contribution in [3.05, 3.63) is 0 Å². The molecule has 1 fully saturated rings. The highest BCUT2D eigenvalue weighted by molar-refractivity contribution is 5.76. The molecule has 1 rings (SSSR count). The Morgan fingerprint density at radius 3 is 2.88 bits per heavy atom. The molecule has 0 aromatic carbocycles. The van der Waals surface area contributed by atoms with Crippen molar-refractivity contribution in [1.29, 1.82) is 0 Å². The lowest BCUT2D eigenvalue weighted by Gasteiger charge is -2.23. The lowest BCUT2D eigenvalue weighted by Crippen LogP contribution is -2.35. The SMILES string of the molecule is CCC1CCCN1C(=O)CCOCCOC. The first-order valence-corrected chi connectivity index (χ1v) is 6.15. The predicted molar refractivity (Wildman–Crippen MR) is 62.3 cm³/mol. The molecular weight excluding hydrogens is 206 g/mol. The minimum atomic E-state index is 0.238. The van der Waals surface area contributed by atoms with Crippen LogP contribution in [-0.4, -0.2) is 50.3 Å². The fraction of sp³-hybridized carbons (Fsp3) is 0.917. The summed E-state index contributed by atoms with van der Waals surface area (Å²) in [5.41, 5.74) is 0. The minimum Gasteiger partial charge on any atom is -0.382 e. The topological polar surface area (TPSA) is 38.8 Å². The molecule has 1 amide bonds. The van der Waals surface area contributed by atoms with E-state index in [1.807, 2.05) is 4.90 Å². The summed E-state index contributed by atoms with van der Waals surface area (Å²) in [5, 5.41) is 0. The summed E-state index contributed by atoms with van der Waals surface area (Å²) in [5.74, 6) is 0.238. The Balaban J connectivity index is 2.14. The van der Waals surface area contributed by atoms with Gasteiger partial charge in [0, 0.05) is 19.7 Å². The van der Waals surface area contributed by atoms with Crippen molar-refractivity contribution in [3.63, 3.8) is 0 Å². The third kappa shape index (κ3) is 4.10. The maximum Gasteiger partial charge on any atom is 0.225 e. The Bertz CT molecular complexity index is 208. The van der Waals surface area contributed by atoms with Crippen LogP contribution in [0.1, 0.15) is 32.6 Å². The molecule has 0 aliphatic carbocycles. The van der Waals surface area contributed by atoms with Crippen molar-refractivity contribution in [3.8, 4) is 0 Å². The van der Waals surface area contributed by atoms with Crippen LogP contribution in [0.15, 0.2) is 0 Å². The molecule has 0 bridgehead atoms. The first-order chi connectivity index (χ1) is 7.79. The van der Waals surface area contributed by atoms with E-state index in [2.05, 4.69) is 6.92 Å². The molecule has 4 nitrogen and oxygen atoms in total. The molecule has 0 aromatic heterocycles. The number of likely N-dealkylation sites (tertiary alicyclic amines) is 1. The lowest BCUT2D eigenvalue weighted by atomic mass is 10.1. The summed E-state index contributed by atoms with van der Waals surface area (Å²) in [4.78, 5) is 13.9. The van der Waals surface area contributed by atoms with Crippen molar-refractivity contribution in [2.24, 2.45) is 0 Å². The van der Waals surface area contributed by atoms with Crippen LogP contribution in [-0.2, 0) is 14.3 Å². The molecule has 1 heterocycles. The predicted octanol–water partition coefficient (Wildman–Crippen LogP) is 1.44. The molecule has 0 radical (unpaired) electrons. The number of carbonyl (C=O) groups excluding carboxylic acids is 1. The van der Waals surface area contributed by atoms with Crippen molar-refractivity contribution < 1.29 is 14.3 Å². The second-order valence-corrected chi connectivity index (χ2v) is 4.15. The molecule has 16 heavy (non-hydrogen) atoms. The normalized spacial score (nSPS) is 20.4. The summed E-state index contributed by atoms with van der Waals surface area (Å²) < 4.78 is 10.2. The van der Waals surface area contributed by atoms with E-state index in [0.717, 1.165) is 25.8 Å². The number of nitrogens with zero attached hydrogens (tertiary/aromatic N) is 1. The van der Waals surface area contributed by atoms with Crippen LogP contribution in [0.2, 0.25) is 0 Å². The number of carbonyl (C=O) groups is 1. The van der Waals surface area contributed by atoms with Gasteiger partial charge in [0.1, 0.15) is 0 Å². The molecule has 1 aliphatic rings.